The molecule has 3 amide bonds. The number of ether oxygens (including phenoxy) is 1. The molecule has 7 heteroatoms. The molecule has 1 atom stereocenters. The van der Waals surface area contributed by atoms with Gasteiger partial charge in [-0.15, -0.1) is 0 Å². The lowest BCUT2D eigenvalue weighted by molar-refractivity contribution is -0.125. The Kier molecular flexibility index (Phi) is 6.49. The third-order valence-corrected chi connectivity index (χ3v) is 4.80. The van der Waals surface area contributed by atoms with E-state index in [-0.39, 0.29) is 0 Å². The van der Waals surface area contributed by atoms with E-state index in [4.69, 9.17) is 10.5 Å². The van der Waals surface area contributed by atoms with Gasteiger partial charge >= 0.3 is 6.03 Å². The topological polar surface area (TPSA) is 87.9 Å². The number of imide groups is 1. The zero-order chi connectivity index (χ0) is 19.9. The fraction of sp³-hybridized carbons (Fsp3) is 0.333. The van der Waals surface area contributed by atoms with Crippen LogP contribution in [0.4, 0.5) is 10.5 Å². The van der Waals surface area contributed by atoms with Crippen LogP contribution in [0.5, 0.6) is 5.75 Å². The number of nitrogens with one attached hydrogen (secondary N) is 1. The third kappa shape index (κ3) is 4.61. The number of nitrogens with two attached hydrogens (primary N) is 1. The molecule has 3 N–H and O–H groups in total. The van der Waals surface area contributed by atoms with Crippen LogP contribution < -0.4 is 20.7 Å². The number of hydrogen-bond donors (Lipinski definition) is 2. The highest BCUT2D eigenvalue weighted by molar-refractivity contribution is 5.96. The molecule has 0 aliphatic carbocycles. The lowest BCUT2D eigenvalue weighted by Gasteiger charge is -2.40. The fourth-order valence-corrected chi connectivity index (χ4v) is 3.57. The largest absolute Gasteiger partial charge is 0.492 e. The van der Waals surface area contributed by atoms with Crippen molar-refractivity contribution in [3.63, 3.8) is 0 Å². The summed E-state index contributed by atoms with van der Waals surface area (Å²) in [7, 11) is 0. The Balaban J connectivity index is 1.75. The Labute approximate surface area is 165 Å². The van der Waals surface area contributed by atoms with E-state index in [1.54, 1.807) is 0 Å². The lowest BCUT2D eigenvalue weighted by Crippen LogP contribution is -2.52. The summed E-state index contributed by atoms with van der Waals surface area (Å²) in [6.07, 6.45) is 0. The van der Waals surface area contributed by atoms with E-state index in [0.29, 0.717) is 19.7 Å². The van der Waals surface area contributed by atoms with Gasteiger partial charge in [0, 0.05) is 26.2 Å². The Morgan fingerprint density at radius 3 is 2.32 bits per heavy atom. The molecular formula is C21H26N4O3. The van der Waals surface area contributed by atoms with Crippen molar-refractivity contribution in [3.05, 3.63) is 60.2 Å². The number of benzene rings is 2. The van der Waals surface area contributed by atoms with Gasteiger partial charge in [-0.3, -0.25) is 15.0 Å². The fourth-order valence-electron chi connectivity index (χ4n) is 3.57. The number of carbonyl (C=O) groups is 2. The molecule has 0 spiro atoms. The van der Waals surface area contributed by atoms with Crippen LogP contribution in [0.3, 0.4) is 0 Å². The molecule has 7 nitrogen and oxygen atoms in total. The minimum Gasteiger partial charge on any atom is -0.492 e. The van der Waals surface area contributed by atoms with Crippen LogP contribution in [0.25, 0.3) is 0 Å². The molecule has 1 saturated heterocycles. The second-order valence-corrected chi connectivity index (χ2v) is 6.59. The SMILES string of the molecule is CCOc1ccccc1N1CCN([C@H](C(=O)NC(N)=O)c2ccccc2)CC1. The summed E-state index contributed by atoms with van der Waals surface area (Å²) in [5, 5.41) is 2.23. The Bertz CT molecular complexity index is 804. The van der Waals surface area contributed by atoms with E-state index in [1.807, 2.05) is 55.5 Å². The summed E-state index contributed by atoms with van der Waals surface area (Å²) in [4.78, 5) is 28.2. The molecule has 2 aromatic carbocycles. The maximum Gasteiger partial charge on any atom is 0.318 e. The molecule has 148 valence electrons. The summed E-state index contributed by atoms with van der Waals surface area (Å²) in [5.74, 6) is 0.464. The first kappa shape index (κ1) is 19.7. The second kappa shape index (κ2) is 9.23. The van der Waals surface area contributed by atoms with E-state index in [1.165, 1.54) is 0 Å². The smallest absolute Gasteiger partial charge is 0.318 e. The summed E-state index contributed by atoms with van der Waals surface area (Å²) >= 11 is 0. The van der Waals surface area contributed by atoms with Gasteiger partial charge in [0.15, 0.2) is 0 Å². The van der Waals surface area contributed by atoms with Crippen LogP contribution in [0.1, 0.15) is 18.5 Å². The number of rotatable bonds is 6. The quantitative estimate of drug-likeness (QED) is 0.799. The molecule has 0 unspecified atom stereocenters. The summed E-state index contributed by atoms with van der Waals surface area (Å²) in [5.41, 5.74) is 7.07. The van der Waals surface area contributed by atoms with Crippen molar-refractivity contribution in [3.8, 4) is 5.75 Å². The molecule has 1 fully saturated rings. The van der Waals surface area contributed by atoms with Crippen molar-refractivity contribution < 1.29 is 14.3 Å². The summed E-state index contributed by atoms with van der Waals surface area (Å²) in [6, 6.07) is 16.0. The first-order valence-electron chi connectivity index (χ1n) is 9.46. The number of hydrogen-bond acceptors (Lipinski definition) is 5. The first-order chi connectivity index (χ1) is 13.6. The number of urea groups is 1. The van der Waals surface area contributed by atoms with Crippen molar-refractivity contribution >= 4 is 17.6 Å². The van der Waals surface area contributed by atoms with Gasteiger partial charge in [0.1, 0.15) is 11.8 Å². The van der Waals surface area contributed by atoms with Crippen molar-refractivity contribution in [1.29, 1.82) is 0 Å². The summed E-state index contributed by atoms with van der Waals surface area (Å²) in [6.45, 7) is 5.42. The van der Waals surface area contributed by atoms with E-state index in [0.717, 1.165) is 30.1 Å². The number of primary amides is 1. The molecule has 0 saturated carbocycles. The number of amides is 3. The second-order valence-electron chi connectivity index (χ2n) is 6.59. The molecule has 1 aliphatic heterocycles. The van der Waals surface area contributed by atoms with Crippen LogP contribution in [0.15, 0.2) is 54.6 Å². The summed E-state index contributed by atoms with van der Waals surface area (Å²) < 4.78 is 5.75. The van der Waals surface area contributed by atoms with E-state index in [2.05, 4.69) is 21.2 Å². The van der Waals surface area contributed by atoms with Crippen molar-refractivity contribution in [2.75, 3.05) is 37.7 Å². The molecule has 0 bridgehead atoms. The number of anilines is 1. The zero-order valence-electron chi connectivity index (χ0n) is 16.0. The number of carbonyl (C=O) groups excluding carboxylic acids is 2. The molecule has 28 heavy (non-hydrogen) atoms. The van der Waals surface area contributed by atoms with Gasteiger partial charge in [0.2, 0.25) is 5.91 Å². The molecule has 3 rings (SSSR count). The standard InChI is InChI=1S/C21H26N4O3/c1-2-28-18-11-7-6-10-17(18)24-12-14-25(15-13-24)19(20(26)23-21(22)27)16-8-4-3-5-9-16/h3-11,19H,2,12-15H2,1H3,(H3,22,23,26,27)/t19-/m0/s1. The number of piperazine rings is 1. The predicted molar refractivity (Wildman–Crippen MR) is 108 cm³/mol. The highest BCUT2D eigenvalue weighted by Gasteiger charge is 2.31. The normalized spacial score (nSPS) is 15.7. The molecule has 1 aliphatic rings. The molecule has 2 aromatic rings. The highest BCUT2D eigenvalue weighted by atomic mass is 16.5. The van der Waals surface area contributed by atoms with Crippen LogP contribution in [0.2, 0.25) is 0 Å². The predicted octanol–water partition coefficient (Wildman–Crippen LogP) is 2.14. The Morgan fingerprint density at radius 1 is 1.04 bits per heavy atom. The van der Waals surface area contributed by atoms with Crippen molar-refractivity contribution in [2.45, 2.75) is 13.0 Å². The van der Waals surface area contributed by atoms with Crippen molar-refractivity contribution in [1.82, 2.24) is 10.2 Å². The number of nitrogens with zero attached hydrogens (tertiary/aromatic N) is 2. The van der Waals surface area contributed by atoms with Gasteiger partial charge in [0.05, 0.1) is 12.3 Å². The average molecular weight is 382 g/mol. The molecule has 0 radical (unpaired) electrons. The average Bonchev–Trinajstić information content (AvgIpc) is 2.70. The van der Waals surface area contributed by atoms with Gasteiger partial charge < -0.3 is 15.4 Å². The van der Waals surface area contributed by atoms with Crippen molar-refractivity contribution in [2.24, 2.45) is 5.73 Å². The molecule has 0 aromatic heterocycles. The van der Waals surface area contributed by atoms with Gasteiger partial charge in [-0.1, -0.05) is 42.5 Å². The molecule has 1 heterocycles. The van der Waals surface area contributed by atoms with E-state index < -0.39 is 18.0 Å². The van der Waals surface area contributed by atoms with E-state index in [9.17, 15) is 9.59 Å². The van der Waals surface area contributed by atoms with Gasteiger partial charge in [-0.25, -0.2) is 4.79 Å². The van der Waals surface area contributed by atoms with Gasteiger partial charge in [-0.05, 0) is 24.6 Å². The third-order valence-electron chi connectivity index (χ3n) is 4.80. The van der Waals surface area contributed by atoms with Gasteiger partial charge in [0.25, 0.3) is 0 Å². The number of para-hydroxylation sites is 2. The van der Waals surface area contributed by atoms with Crippen LogP contribution >= 0.6 is 0 Å². The van der Waals surface area contributed by atoms with Crippen LogP contribution in [-0.4, -0.2) is 49.6 Å². The maximum absolute atomic E-state index is 12.7. The van der Waals surface area contributed by atoms with Gasteiger partial charge in [-0.2, -0.15) is 0 Å². The Morgan fingerprint density at radius 2 is 1.68 bits per heavy atom. The highest BCUT2D eigenvalue weighted by Crippen LogP contribution is 2.30. The van der Waals surface area contributed by atoms with Crippen LogP contribution in [-0.2, 0) is 4.79 Å². The first-order valence-corrected chi connectivity index (χ1v) is 9.46. The Hall–Kier alpha value is -3.06. The lowest BCUT2D eigenvalue weighted by atomic mass is 10.0. The maximum atomic E-state index is 12.7. The van der Waals surface area contributed by atoms with E-state index >= 15 is 0 Å². The zero-order valence-corrected chi connectivity index (χ0v) is 16.0. The monoisotopic (exact) mass is 382 g/mol. The van der Waals surface area contributed by atoms with Crippen LogP contribution in [0, 0.1) is 0 Å². The molecular weight excluding hydrogens is 356 g/mol. The minimum absolute atomic E-state index is 0.401. The minimum atomic E-state index is -0.838.